The van der Waals surface area contributed by atoms with E-state index in [2.05, 4.69) is 26.2 Å². The van der Waals surface area contributed by atoms with E-state index in [0.717, 1.165) is 6.20 Å². The van der Waals surface area contributed by atoms with Crippen molar-refractivity contribution in [1.29, 1.82) is 0 Å². The number of nitrogens with one attached hydrogen (secondary N) is 1. The molecular formula is C9H11BrN4O3. The Morgan fingerprint density at radius 1 is 1.65 bits per heavy atom. The van der Waals surface area contributed by atoms with E-state index in [1.807, 2.05) is 0 Å². The van der Waals surface area contributed by atoms with Crippen LogP contribution in [0, 0.1) is 10.1 Å². The number of carbonyl (C=O) groups is 1. The summed E-state index contributed by atoms with van der Waals surface area (Å²) in [5, 5.41) is 13.3. The molecule has 0 aliphatic rings. The topological polar surface area (TPSA) is 111 Å². The van der Waals surface area contributed by atoms with Crippen LogP contribution in [-0.4, -0.2) is 21.4 Å². The largest absolute Gasteiger partial charge is 0.368 e. The van der Waals surface area contributed by atoms with Crippen LogP contribution in [0.3, 0.4) is 0 Å². The maximum Gasteiger partial charge on any atom is 0.288 e. The fraction of sp³-hybridized carbons (Fsp3) is 0.333. The molecule has 3 N–H and O–H groups in total. The molecule has 1 amide bonds. The molecule has 17 heavy (non-hydrogen) atoms. The van der Waals surface area contributed by atoms with Gasteiger partial charge < -0.3 is 11.1 Å². The number of hydrogen-bond acceptors (Lipinski definition) is 5. The molecule has 0 atom stereocenters. The van der Waals surface area contributed by atoms with Gasteiger partial charge in [0.2, 0.25) is 5.91 Å². The lowest BCUT2D eigenvalue weighted by molar-refractivity contribution is -0.385. The summed E-state index contributed by atoms with van der Waals surface area (Å²) in [7, 11) is 0. The molecule has 0 unspecified atom stereocenters. The fourth-order valence-corrected chi connectivity index (χ4v) is 1.41. The zero-order chi connectivity index (χ0) is 13.2. The number of aromatic nitrogens is 1. The Labute approximate surface area is 106 Å². The van der Waals surface area contributed by atoms with Crippen LogP contribution in [0.4, 0.5) is 11.5 Å². The van der Waals surface area contributed by atoms with Crippen LogP contribution in [0.2, 0.25) is 0 Å². The van der Waals surface area contributed by atoms with E-state index >= 15 is 0 Å². The van der Waals surface area contributed by atoms with Crippen molar-refractivity contribution in [3.8, 4) is 0 Å². The van der Waals surface area contributed by atoms with E-state index in [9.17, 15) is 14.9 Å². The van der Waals surface area contributed by atoms with Crippen molar-refractivity contribution < 1.29 is 9.72 Å². The van der Waals surface area contributed by atoms with E-state index < -0.39 is 16.4 Å². The highest BCUT2D eigenvalue weighted by atomic mass is 79.9. The number of carbonyl (C=O) groups excluding carboxylic acids is 1. The Hall–Kier alpha value is -1.70. The molecule has 1 aromatic rings. The minimum atomic E-state index is -0.994. The summed E-state index contributed by atoms with van der Waals surface area (Å²) < 4.78 is 0.390. The molecule has 7 nitrogen and oxygen atoms in total. The number of hydrogen-bond donors (Lipinski definition) is 2. The number of amides is 1. The van der Waals surface area contributed by atoms with Gasteiger partial charge in [0.1, 0.15) is 17.6 Å². The highest BCUT2D eigenvalue weighted by molar-refractivity contribution is 9.10. The average Bonchev–Trinajstić information content (AvgIpc) is 2.20. The van der Waals surface area contributed by atoms with Crippen molar-refractivity contribution in [3.63, 3.8) is 0 Å². The number of pyridine rings is 1. The molecule has 92 valence electrons. The maximum absolute atomic E-state index is 11.1. The molecule has 0 fully saturated rings. The molecule has 0 radical (unpaired) electrons. The van der Waals surface area contributed by atoms with Crippen molar-refractivity contribution in [2.24, 2.45) is 5.73 Å². The normalized spacial score (nSPS) is 11.0. The number of nitrogens with zero attached hydrogens (tertiary/aromatic N) is 2. The van der Waals surface area contributed by atoms with Crippen molar-refractivity contribution in [2.75, 3.05) is 5.32 Å². The van der Waals surface area contributed by atoms with Crippen LogP contribution < -0.4 is 11.1 Å². The van der Waals surface area contributed by atoms with Gasteiger partial charge in [-0.05, 0) is 29.8 Å². The molecule has 0 aromatic carbocycles. The lowest BCUT2D eigenvalue weighted by Crippen LogP contribution is -2.45. The second-order valence-electron chi connectivity index (χ2n) is 3.90. The van der Waals surface area contributed by atoms with Gasteiger partial charge in [0.05, 0.1) is 9.40 Å². The van der Waals surface area contributed by atoms with Crippen molar-refractivity contribution in [3.05, 3.63) is 26.9 Å². The number of nitrogens with two attached hydrogens (primary N) is 1. The summed E-state index contributed by atoms with van der Waals surface area (Å²) in [6, 6.07) is 1.30. The van der Waals surface area contributed by atoms with E-state index in [1.165, 1.54) is 6.07 Å². The summed E-state index contributed by atoms with van der Waals surface area (Å²) in [5.74, 6) is -0.232. The lowest BCUT2D eigenvalue weighted by Gasteiger charge is -2.23. The van der Waals surface area contributed by atoms with E-state index in [-0.39, 0.29) is 5.69 Å². The first kappa shape index (κ1) is 13.4. The Balaban J connectivity index is 3.02. The SMILES string of the molecule is CC(C)(Nc1ncc([N+](=O)[O-])cc1Br)C(N)=O. The number of anilines is 1. The molecule has 8 heteroatoms. The summed E-state index contributed by atoms with van der Waals surface area (Å²) in [4.78, 5) is 24.9. The van der Waals surface area contributed by atoms with Gasteiger partial charge in [-0.2, -0.15) is 0 Å². The number of nitro groups is 1. The van der Waals surface area contributed by atoms with E-state index in [1.54, 1.807) is 13.8 Å². The van der Waals surface area contributed by atoms with Gasteiger partial charge in [0.15, 0.2) is 0 Å². The molecule has 0 aliphatic heterocycles. The Kier molecular flexibility index (Phi) is 3.66. The highest BCUT2D eigenvalue weighted by Crippen LogP contribution is 2.26. The Morgan fingerprint density at radius 3 is 2.65 bits per heavy atom. The predicted octanol–water partition coefficient (Wildman–Crippen LogP) is 1.43. The summed E-state index contributed by atoms with van der Waals surface area (Å²) in [5.41, 5.74) is 4.06. The zero-order valence-electron chi connectivity index (χ0n) is 9.23. The third-order valence-electron chi connectivity index (χ3n) is 2.08. The lowest BCUT2D eigenvalue weighted by atomic mass is 10.1. The van der Waals surface area contributed by atoms with Gasteiger partial charge >= 0.3 is 0 Å². The van der Waals surface area contributed by atoms with Crippen LogP contribution >= 0.6 is 15.9 Å². The van der Waals surface area contributed by atoms with Gasteiger partial charge in [-0.1, -0.05) is 0 Å². The fourth-order valence-electron chi connectivity index (χ4n) is 0.977. The first-order valence-corrected chi connectivity index (χ1v) is 5.41. The van der Waals surface area contributed by atoms with Gasteiger partial charge in [-0.15, -0.1) is 0 Å². The quantitative estimate of drug-likeness (QED) is 0.645. The van der Waals surface area contributed by atoms with Crippen LogP contribution in [-0.2, 0) is 4.79 Å². The number of primary amides is 1. The van der Waals surface area contributed by atoms with Gasteiger partial charge in [-0.3, -0.25) is 14.9 Å². The van der Waals surface area contributed by atoms with Crippen LogP contribution in [0.5, 0.6) is 0 Å². The minimum absolute atomic E-state index is 0.140. The molecule has 0 aliphatic carbocycles. The monoisotopic (exact) mass is 302 g/mol. The number of halogens is 1. The average molecular weight is 303 g/mol. The van der Waals surface area contributed by atoms with Crippen LogP contribution in [0.15, 0.2) is 16.7 Å². The minimum Gasteiger partial charge on any atom is -0.368 e. The molecule has 0 spiro atoms. The molecule has 1 heterocycles. The first-order valence-electron chi connectivity index (χ1n) is 4.62. The second-order valence-corrected chi connectivity index (χ2v) is 4.75. The van der Waals surface area contributed by atoms with E-state index in [4.69, 9.17) is 5.73 Å². The van der Waals surface area contributed by atoms with Crippen molar-refractivity contribution in [1.82, 2.24) is 4.98 Å². The van der Waals surface area contributed by atoms with Crippen LogP contribution in [0.25, 0.3) is 0 Å². The standard InChI is InChI=1S/C9H11BrN4O3/c1-9(2,8(11)15)13-7-6(10)3-5(4-12-7)14(16)17/h3-4H,1-2H3,(H2,11,15)(H,12,13). The summed E-state index contributed by atoms with van der Waals surface area (Å²) in [6.45, 7) is 3.18. The maximum atomic E-state index is 11.1. The van der Waals surface area contributed by atoms with Gasteiger partial charge in [-0.25, -0.2) is 4.98 Å². The Morgan fingerprint density at radius 2 is 2.24 bits per heavy atom. The zero-order valence-corrected chi connectivity index (χ0v) is 10.8. The first-order chi connectivity index (χ1) is 7.74. The second kappa shape index (κ2) is 4.66. The van der Waals surface area contributed by atoms with Crippen molar-refractivity contribution >= 4 is 33.3 Å². The molecule has 1 rings (SSSR count). The molecular weight excluding hydrogens is 292 g/mol. The molecule has 0 saturated carbocycles. The van der Waals surface area contributed by atoms with E-state index in [0.29, 0.717) is 10.3 Å². The van der Waals surface area contributed by atoms with Gasteiger partial charge in [0.25, 0.3) is 5.69 Å². The molecule has 0 bridgehead atoms. The van der Waals surface area contributed by atoms with Crippen molar-refractivity contribution in [2.45, 2.75) is 19.4 Å². The summed E-state index contributed by atoms with van der Waals surface area (Å²) >= 11 is 3.14. The van der Waals surface area contributed by atoms with Gasteiger partial charge in [0, 0.05) is 6.07 Å². The number of rotatable bonds is 4. The van der Waals surface area contributed by atoms with Crippen LogP contribution in [0.1, 0.15) is 13.8 Å². The molecule has 1 aromatic heterocycles. The predicted molar refractivity (Wildman–Crippen MR) is 65.5 cm³/mol. The molecule has 0 saturated heterocycles. The Bertz CT molecular complexity index is 475. The third-order valence-corrected chi connectivity index (χ3v) is 2.69. The highest BCUT2D eigenvalue weighted by Gasteiger charge is 2.26. The third kappa shape index (κ3) is 3.13. The smallest absolute Gasteiger partial charge is 0.288 e. The summed E-state index contributed by atoms with van der Waals surface area (Å²) in [6.07, 6.45) is 1.10.